The third-order valence-corrected chi connectivity index (χ3v) is 16.8. The number of benzene rings is 6. The Balaban J connectivity index is 1.24. The van der Waals surface area contributed by atoms with Crippen molar-refractivity contribution in [3.8, 4) is 0 Å². The van der Waals surface area contributed by atoms with Crippen LogP contribution in [0.25, 0.3) is 0 Å². The van der Waals surface area contributed by atoms with Gasteiger partial charge in [0.15, 0.2) is 0 Å². The van der Waals surface area contributed by atoms with E-state index in [-0.39, 0.29) is 34.0 Å². The summed E-state index contributed by atoms with van der Waals surface area (Å²) >= 11 is 0. The fourth-order valence-corrected chi connectivity index (χ4v) is 13.4. The Hall–Kier alpha value is -5.22. The van der Waals surface area contributed by atoms with Crippen LogP contribution in [0.1, 0.15) is 108 Å². The molecule has 58 heavy (non-hydrogen) atoms. The van der Waals surface area contributed by atoms with E-state index in [1.165, 1.54) is 110 Å². The molecule has 0 bridgehead atoms. The number of hydrogen-bond acceptors (Lipinski definition) is 3. The minimum Gasteiger partial charge on any atom is -0.334 e. The molecule has 288 valence electrons. The number of nitrogens with zero attached hydrogens (tertiary/aromatic N) is 3. The first-order valence-corrected chi connectivity index (χ1v) is 22.0. The van der Waals surface area contributed by atoms with Crippen LogP contribution in [0.2, 0.25) is 0 Å². The van der Waals surface area contributed by atoms with Crippen molar-refractivity contribution in [2.24, 2.45) is 0 Å². The average Bonchev–Trinajstić information content (AvgIpc) is 3.58. The van der Waals surface area contributed by atoms with E-state index in [9.17, 15) is 0 Å². The van der Waals surface area contributed by atoms with Crippen LogP contribution in [0.3, 0.4) is 0 Å². The molecule has 4 unspecified atom stereocenters. The van der Waals surface area contributed by atoms with E-state index in [1.54, 1.807) is 0 Å². The van der Waals surface area contributed by atoms with Gasteiger partial charge in [0.2, 0.25) is 0 Å². The normalized spacial score (nSPS) is 26.9. The van der Waals surface area contributed by atoms with Crippen molar-refractivity contribution in [2.45, 2.75) is 114 Å². The molecular formula is C54H54BN3. The highest BCUT2D eigenvalue weighted by atomic mass is 15.3. The maximum atomic E-state index is 2.89. The number of fused-ring (bicyclic) bond motifs is 12. The monoisotopic (exact) mass is 755 g/mol. The van der Waals surface area contributed by atoms with E-state index in [1.807, 2.05) is 0 Å². The largest absolute Gasteiger partial charge is 0.334 e. The smallest absolute Gasteiger partial charge is 0.252 e. The Kier molecular flexibility index (Phi) is 6.77. The van der Waals surface area contributed by atoms with E-state index in [4.69, 9.17) is 0 Å². The van der Waals surface area contributed by atoms with E-state index >= 15 is 0 Å². The predicted molar refractivity (Wildman–Crippen MR) is 245 cm³/mol. The number of anilines is 7. The Labute approximate surface area is 345 Å². The maximum Gasteiger partial charge on any atom is 0.252 e. The molecule has 2 aliphatic carbocycles. The molecule has 1 saturated carbocycles. The lowest BCUT2D eigenvalue weighted by atomic mass is 9.33. The van der Waals surface area contributed by atoms with Crippen LogP contribution in [-0.4, -0.2) is 12.3 Å². The second kappa shape index (κ2) is 11.3. The molecule has 0 spiro atoms. The second-order valence-electron chi connectivity index (χ2n) is 20.3. The van der Waals surface area contributed by atoms with Gasteiger partial charge in [0, 0.05) is 50.6 Å². The Bertz CT molecular complexity index is 2730. The molecule has 0 N–H and O–H groups in total. The highest BCUT2D eigenvalue weighted by molar-refractivity contribution is 7.00. The lowest BCUT2D eigenvalue weighted by molar-refractivity contribution is 0.195. The fraction of sp³-hybridized carbons (Fsp3) is 0.333. The molecule has 6 aliphatic rings. The number of para-hydroxylation sites is 3. The van der Waals surface area contributed by atoms with Crippen molar-refractivity contribution in [3.63, 3.8) is 0 Å². The van der Waals surface area contributed by atoms with Gasteiger partial charge in [-0.3, -0.25) is 0 Å². The molecule has 0 amide bonds. The van der Waals surface area contributed by atoms with Gasteiger partial charge in [0.05, 0.1) is 11.1 Å². The van der Waals surface area contributed by atoms with Crippen molar-refractivity contribution >= 4 is 62.9 Å². The molecular weight excluding hydrogens is 701 g/mol. The minimum atomic E-state index is -0.298. The van der Waals surface area contributed by atoms with Crippen LogP contribution in [0.4, 0.5) is 39.8 Å². The summed E-state index contributed by atoms with van der Waals surface area (Å²) < 4.78 is 0. The lowest BCUT2D eigenvalue weighted by Crippen LogP contribution is -2.64. The van der Waals surface area contributed by atoms with Gasteiger partial charge in [0.1, 0.15) is 0 Å². The molecule has 4 atom stereocenters. The van der Waals surface area contributed by atoms with Crippen molar-refractivity contribution in [1.82, 2.24) is 0 Å². The SMILES string of the molecule is CC(C)(C)c1cc2c3c(c1)C1(C)CCc4ccccc4C1(C)N3c1cc(N3c4ccccc4C4(C)CCCCC34C)cc3c1B2c1ccccc1N3c1ccccc1. The molecule has 6 aromatic carbocycles. The summed E-state index contributed by atoms with van der Waals surface area (Å²) in [5, 5.41) is 0. The fourth-order valence-electron chi connectivity index (χ4n) is 13.4. The van der Waals surface area contributed by atoms with Crippen molar-refractivity contribution < 1.29 is 0 Å². The van der Waals surface area contributed by atoms with Gasteiger partial charge >= 0.3 is 0 Å². The molecule has 4 heteroatoms. The number of aryl methyl sites for hydroxylation is 1. The molecule has 4 heterocycles. The quantitative estimate of drug-likeness (QED) is 0.163. The Morgan fingerprint density at radius 3 is 2.00 bits per heavy atom. The molecule has 0 saturated heterocycles. The van der Waals surface area contributed by atoms with Crippen molar-refractivity contribution in [3.05, 3.63) is 155 Å². The van der Waals surface area contributed by atoms with Gasteiger partial charge in [-0.05, 0) is 126 Å². The number of hydrogen-bond donors (Lipinski definition) is 0. The van der Waals surface area contributed by atoms with Crippen molar-refractivity contribution in [1.29, 1.82) is 0 Å². The average molecular weight is 756 g/mol. The lowest BCUT2D eigenvalue weighted by Gasteiger charge is -2.54. The zero-order valence-corrected chi connectivity index (χ0v) is 35.3. The second-order valence-corrected chi connectivity index (χ2v) is 20.3. The first-order valence-electron chi connectivity index (χ1n) is 22.0. The van der Waals surface area contributed by atoms with Gasteiger partial charge in [0.25, 0.3) is 6.71 Å². The summed E-state index contributed by atoms with van der Waals surface area (Å²) in [7, 11) is 0. The molecule has 0 aromatic heterocycles. The van der Waals surface area contributed by atoms with E-state index in [0.29, 0.717) is 0 Å². The summed E-state index contributed by atoms with van der Waals surface area (Å²) in [5.74, 6) is 0. The summed E-state index contributed by atoms with van der Waals surface area (Å²) in [6, 6.07) is 49.8. The Morgan fingerprint density at radius 2 is 1.21 bits per heavy atom. The van der Waals surface area contributed by atoms with E-state index in [2.05, 4.69) is 191 Å². The first kappa shape index (κ1) is 34.8. The Morgan fingerprint density at radius 1 is 0.534 bits per heavy atom. The van der Waals surface area contributed by atoms with Gasteiger partial charge in [-0.1, -0.05) is 138 Å². The highest BCUT2D eigenvalue weighted by Gasteiger charge is 2.64. The molecule has 1 fully saturated rings. The first-order chi connectivity index (χ1) is 27.9. The summed E-state index contributed by atoms with van der Waals surface area (Å²) in [5.41, 5.74) is 20.7. The van der Waals surface area contributed by atoms with Crippen LogP contribution in [0.5, 0.6) is 0 Å². The zero-order chi connectivity index (χ0) is 39.6. The maximum absolute atomic E-state index is 2.89. The highest BCUT2D eigenvalue weighted by Crippen LogP contribution is 2.66. The van der Waals surface area contributed by atoms with E-state index in [0.717, 1.165) is 12.8 Å². The van der Waals surface area contributed by atoms with E-state index < -0.39 is 0 Å². The van der Waals surface area contributed by atoms with Gasteiger partial charge in [-0.2, -0.15) is 0 Å². The number of rotatable bonds is 2. The van der Waals surface area contributed by atoms with Crippen LogP contribution in [-0.2, 0) is 28.2 Å². The van der Waals surface area contributed by atoms with Crippen LogP contribution >= 0.6 is 0 Å². The predicted octanol–water partition coefficient (Wildman–Crippen LogP) is 11.6. The molecule has 3 nitrogen and oxygen atoms in total. The molecule has 12 rings (SSSR count). The summed E-state index contributed by atoms with van der Waals surface area (Å²) in [4.78, 5) is 8.30. The van der Waals surface area contributed by atoms with Crippen molar-refractivity contribution in [2.75, 3.05) is 14.7 Å². The van der Waals surface area contributed by atoms with Gasteiger partial charge in [-0.25, -0.2) is 0 Å². The standard InChI is InChI=1S/C54H54BN3/c1-50(2,3)36-31-41-49-43(32-36)55-42-24-14-16-26-45(42)56(37-20-9-8-10-21-37)46-33-38(57-44-25-15-13-23-40(44)51(4)28-17-18-29-53(51,57)6)34-47(48(46)55)58(49)54(7)39-22-12-11-19-35(39)27-30-52(41,54)5/h8-16,19-26,31-34H,17-18,27-30H2,1-7H3. The van der Waals surface area contributed by atoms with Gasteiger partial charge in [-0.15, -0.1) is 0 Å². The topological polar surface area (TPSA) is 9.72 Å². The third kappa shape index (κ3) is 4.03. The third-order valence-electron chi connectivity index (χ3n) is 16.8. The van der Waals surface area contributed by atoms with Crippen LogP contribution in [0, 0.1) is 0 Å². The summed E-state index contributed by atoms with van der Waals surface area (Å²) in [6.45, 7) is 17.7. The molecule has 4 aliphatic heterocycles. The van der Waals surface area contributed by atoms with Crippen LogP contribution in [0.15, 0.2) is 127 Å². The van der Waals surface area contributed by atoms with Gasteiger partial charge < -0.3 is 14.7 Å². The molecule has 0 radical (unpaired) electrons. The summed E-state index contributed by atoms with van der Waals surface area (Å²) in [6.07, 6.45) is 7.14. The zero-order valence-electron chi connectivity index (χ0n) is 35.3. The van der Waals surface area contributed by atoms with Crippen LogP contribution < -0.4 is 31.1 Å². The minimum absolute atomic E-state index is 0.000738. The molecule has 6 aromatic rings.